The molecule has 6 heteroatoms. The molecule has 1 aromatic carbocycles. The van der Waals surface area contributed by atoms with Gasteiger partial charge in [-0.05, 0) is 37.1 Å². The second-order valence-corrected chi connectivity index (χ2v) is 4.82. The Kier molecular flexibility index (Phi) is 4.45. The van der Waals surface area contributed by atoms with E-state index in [1.165, 1.54) is 0 Å². The number of nitrogens with zero attached hydrogens (tertiary/aromatic N) is 1. The highest BCUT2D eigenvalue weighted by molar-refractivity contribution is 5.87. The molecule has 1 aliphatic rings. The number of benzene rings is 1. The van der Waals surface area contributed by atoms with Gasteiger partial charge < -0.3 is 21.1 Å². The molecule has 0 aliphatic carbocycles. The first-order chi connectivity index (χ1) is 9.58. The van der Waals surface area contributed by atoms with Gasteiger partial charge in [-0.2, -0.15) is 0 Å². The van der Waals surface area contributed by atoms with Crippen molar-refractivity contribution >= 4 is 17.5 Å². The number of nitrogens with two attached hydrogens (primary N) is 2. The Bertz CT molecular complexity index is 487. The first-order valence-electron chi connectivity index (χ1n) is 6.65. The van der Waals surface area contributed by atoms with E-state index in [1.807, 2.05) is 0 Å². The standard InChI is InChI=1S/C14H19N3O3/c15-10-3-5-11(6-4-10)20-9-7-13(18)17-8-1-2-12(17)14(16)19/h3-6,12H,1-2,7-9,15H2,(H2,16,19). The van der Waals surface area contributed by atoms with Gasteiger partial charge in [-0.1, -0.05) is 0 Å². The number of anilines is 1. The van der Waals surface area contributed by atoms with Crippen LogP contribution in [0.25, 0.3) is 0 Å². The Morgan fingerprint density at radius 2 is 2.00 bits per heavy atom. The lowest BCUT2D eigenvalue weighted by Gasteiger charge is -2.22. The molecule has 4 N–H and O–H groups in total. The summed E-state index contributed by atoms with van der Waals surface area (Å²) in [5, 5.41) is 0. The molecule has 1 aromatic rings. The summed E-state index contributed by atoms with van der Waals surface area (Å²) >= 11 is 0. The van der Waals surface area contributed by atoms with E-state index in [1.54, 1.807) is 29.2 Å². The zero-order valence-electron chi connectivity index (χ0n) is 11.2. The van der Waals surface area contributed by atoms with E-state index >= 15 is 0 Å². The third-order valence-electron chi connectivity index (χ3n) is 3.37. The molecule has 0 aromatic heterocycles. The summed E-state index contributed by atoms with van der Waals surface area (Å²) in [5.74, 6) is 0.136. The van der Waals surface area contributed by atoms with E-state index in [2.05, 4.69) is 0 Å². The van der Waals surface area contributed by atoms with Crippen LogP contribution in [0.15, 0.2) is 24.3 Å². The maximum Gasteiger partial charge on any atom is 0.240 e. The highest BCUT2D eigenvalue weighted by atomic mass is 16.5. The Labute approximate surface area is 117 Å². The zero-order chi connectivity index (χ0) is 14.5. The van der Waals surface area contributed by atoms with Crippen LogP contribution in [0.1, 0.15) is 19.3 Å². The van der Waals surface area contributed by atoms with Crippen molar-refractivity contribution in [3.63, 3.8) is 0 Å². The van der Waals surface area contributed by atoms with Crippen LogP contribution in [0.5, 0.6) is 5.75 Å². The minimum Gasteiger partial charge on any atom is -0.493 e. The van der Waals surface area contributed by atoms with Gasteiger partial charge in [-0.15, -0.1) is 0 Å². The normalized spacial score (nSPS) is 18.0. The minimum atomic E-state index is -0.459. The van der Waals surface area contributed by atoms with Crippen LogP contribution in [-0.4, -0.2) is 35.9 Å². The van der Waals surface area contributed by atoms with Gasteiger partial charge in [0.15, 0.2) is 0 Å². The lowest BCUT2D eigenvalue weighted by molar-refractivity contribution is -0.137. The summed E-state index contributed by atoms with van der Waals surface area (Å²) in [6.45, 7) is 0.860. The maximum atomic E-state index is 12.0. The van der Waals surface area contributed by atoms with E-state index in [0.29, 0.717) is 24.4 Å². The summed E-state index contributed by atoms with van der Waals surface area (Å²) in [6, 6.07) is 6.52. The molecule has 108 valence electrons. The highest BCUT2D eigenvalue weighted by Crippen LogP contribution is 2.18. The lowest BCUT2D eigenvalue weighted by atomic mass is 10.2. The second kappa shape index (κ2) is 6.27. The molecule has 0 radical (unpaired) electrons. The fourth-order valence-corrected chi connectivity index (χ4v) is 2.32. The molecule has 1 saturated heterocycles. The molecular weight excluding hydrogens is 258 g/mol. The van der Waals surface area contributed by atoms with Gasteiger partial charge in [0.05, 0.1) is 13.0 Å². The third kappa shape index (κ3) is 3.40. The summed E-state index contributed by atoms with van der Waals surface area (Å²) < 4.78 is 5.47. The molecule has 0 spiro atoms. The van der Waals surface area contributed by atoms with Crippen molar-refractivity contribution in [3.05, 3.63) is 24.3 Å². The molecule has 6 nitrogen and oxygen atoms in total. The molecule has 0 bridgehead atoms. The van der Waals surface area contributed by atoms with Crippen LogP contribution in [0.4, 0.5) is 5.69 Å². The number of likely N-dealkylation sites (tertiary alicyclic amines) is 1. The molecule has 1 fully saturated rings. The number of rotatable bonds is 5. The van der Waals surface area contributed by atoms with Crippen LogP contribution in [0, 0.1) is 0 Å². The van der Waals surface area contributed by atoms with Gasteiger partial charge in [0.2, 0.25) is 11.8 Å². The quantitative estimate of drug-likeness (QED) is 0.766. The Morgan fingerprint density at radius 1 is 1.30 bits per heavy atom. The summed E-state index contributed by atoms with van der Waals surface area (Å²) in [6.07, 6.45) is 1.70. The van der Waals surface area contributed by atoms with Crippen LogP contribution in [0.2, 0.25) is 0 Å². The number of nitrogen functional groups attached to an aromatic ring is 1. The molecule has 2 amide bonds. The Balaban J connectivity index is 1.80. The number of hydrogen-bond acceptors (Lipinski definition) is 4. The van der Waals surface area contributed by atoms with E-state index < -0.39 is 11.9 Å². The smallest absolute Gasteiger partial charge is 0.240 e. The van der Waals surface area contributed by atoms with Crippen molar-refractivity contribution in [1.82, 2.24) is 4.90 Å². The predicted octanol–water partition coefficient (Wildman–Crippen LogP) is 0.514. The van der Waals surface area contributed by atoms with Crippen molar-refractivity contribution in [3.8, 4) is 5.75 Å². The van der Waals surface area contributed by atoms with Crippen molar-refractivity contribution in [1.29, 1.82) is 0 Å². The molecule has 2 rings (SSSR count). The summed E-state index contributed by atoms with van der Waals surface area (Å²) in [4.78, 5) is 24.8. The number of carbonyl (C=O) groups excluding carboxylic acids is 2. The average molecular weight is 277 g/mol. The van der Waals surface area contributed by atoms with Gasteiger partial charge in [-0.25, -0.2) is 0 Å². The number of ether oxygens (including phenoxy) is 1. The number of hydrogen-bond donors (Lipinski definition) is 2. The largest absolute Gasteiger partial charge is 0.493 e. The topological polar surface area (TPSA) is 98.7 Å². The van der Waals surface area contributed by atoms with Gasteiger partial charge in [0.1, 0.15) is 11.8 Å². The number of amides is 2. The monoisotopic (exact) mass is 277 g/mol. The van der Waals surface area contributed by atoms with Gasteiger partial charge in [-0.3, -0.25) is 9.59 Å². The van der Waals surface area contributed by atoms with Crippen molar-refractivity contribution in [2.45, 2.75) is 25.3 Å². The van der Waals surface area contributed by atoms with Gasteiger partial charge in [0.25, 0.3) is 0 Å². The number of carbonyl (C=O) groups is 2. The maximum absolute atomic E-state index is 12.0. The van der Waals surface area contributed by atoms with Crippen molar-refractivity contribution < 1.29 is 14.3 Å². The molecule has 1 atom stereocenters. The molecule has 0 saturated carbocycles. The van der Waals surface area contributed by atoms with E-state index in [9.17, 15) is 9.59 Å². The molecule has 1 aliphatic heterocycles. The minimum absolute atomic E-state index is 0.0956. The Morgan fingerprint density at radius 3 is 2.65 bits per heavy atom. The number of primary amides is 1. The van der Waals surface area contributed by atoms with E-state index in [-0.39, 0.29) is 18.9 Å². The van der Waals surface area contributed by atoms with Gasteiger partial charge >= 0.3 is 0 Å². The summed E-state index contributed by atoms with van der Waals surface area (Å²) in [5.41, 5.74) is 11.5. The molecule has 20 heavy (non-hydrogen) atoms. The Hall–Kier alpha value is -2.24. The van der Waals surface area contributed by atoms with Crippen molar-refractivity contribution in [2.75, 3.05) is 18.9 Å². The van der Waals surface area contributed by atoms with Crippen LogP contribution >= 0.6 is 0 Å². The van der Waals surface area contributed by atoms with Crippen LogP contribution in [0.3, 0.4) is 0 Å². The van der Waals surface area contributed by atoms with Crippen LogP contribution < -0.4 is 16.2 Å². The first kappa shape index (κ1) is 14.2. The van der Waals surface area contributed by atoms with Crippen LogP contribution in [-0.2, 0) is 9.59 Å². The lowest BCUT2D eigenvalue weighted by Crippen LogP contribution is -2.44. The first-order valence-corrected chi connectivity index (χ1v) is 6.65. The van der Waals surface area contributed by atoms with Crippen molar-refractivity contribution in [2.24, 2.45) is 5.73 Å². The molecular formula is C14H19N3O3. The average Bonchev–Trinajstić information content (AvgIpc) is 2.90. The van der Waals surface area contributed by atoms with Gasteiger partial charge in [0, 0.05) is 12.2 Å². The van der Waals surface area contributed by atoms with E-state index in [0.717, 1.165) is 6.42 Å². The predicted molar refractivity (Wildman–Crippen MR) is 74.9 cm³/mol. The zero-order valence-corrected chi connectivity index (χ0v) is 11.2. The van der Waals surface area contributed by atoms with E-state index in [4.69, 9.17) is 16.2 Å². The summed E-state index contributed by atoms with van der Waals surface area (Å²) in [7, 11) is 0. The third-order valence-corrected chi connectivity index (χ3v) is 3.37. The SMILES string of the molecule is NC(=O)C1CCCN1C(=O)CCOc1ccc(N)cc1. The second-order valence-electron chi connectivity index (χ2n) is 4.82. The molecule has 1 heterocycles. The highest BCUT2D eigenvalue weighted by Gasteiger charge is 2.32. The fraction of sp³-hybridized carbons (Fsp3) is 0.429. The molecule has 1 unspecified atom stereocenters. The fourth-order valence-electron chi connectivity index (χ4n) is 2.32.